The van der Waals surface area contributed by atoms with Crippen LogP contribution in [0.3, 0.4) is 0 Å². The van der Waals surface area contributed by atoms with Crippen molar-refractivity contribution in [1.29, 1.82) is 0 Å². The standard InChI is InChI=1S/C13H25N3O/c1-10-6-5-7-11(2)16(10)15-13(17)12-8-3-4-9-14-12/h10-12,14H,3-9H2,1-2H3,(H,15,17). The highest BCUT2D eigenvalue weighted by atomic mass is 16.2. The van der Waals surface area contributed by atoms with Crippen LogP contribution in [0.15, 0.2) is 0 Å². The molecule has 3 atom stereocenters. The van der Waals surface area contributed by atoms with E-state index in [0.717, 1.165) is 19.4 Å². The summed E-state index contributed by atoms with van der Waals surface area (Å²) in [5, 5.41) is 5.45. The molecule has 2 N–H and O–H groups in total. The molecule has 17 heavy (non-hydrogen) atoms. The van der Waals surface area contributed by atoms with E-state index in [1.807, 2.05) is 0 Å². The van der Waals surface area contributed by atoms with E-state index in [-0.39, 0.29) is 11.9 Å². The Labute approximate surface area is 104 Å². The zero-order chi connectivity index (χ0) is 12.3. The second-order valence-corrected chi connectivity index (χ2v) is 5.51. The van der Waals surface area contributed by atoms with Gasteiger partial charge in [0.25, 0.3) is 5.91 Å². The fourth-order valence-electron chi connectivity index (χ4n) is 2.92. The topological polar surface area (TPSA) is 44.4 Å². The lowest BCUT2D eigenvalue weighted by molar-refractivity contribution is -0.132. The van der Waals surface area contributed by atoms with Gasteiger partial charge in [-0.25, -0.2) is 5.01 Å². The molecule has 4 heteroatoms. The van der Waals surface area contributed by atoms with E-state index in [9.17, 15) is 4.79 Å². The largest absolute Gasteiger partial charge is 0.306 e. The molecule has 2 saturated heterocycles. The summed E-state index contributed by atoms with van der Waals surface area (Å²) in [6.07, 6.45) is 6.97. The van der Waals surface area contributed by atoms with Gasteiger partial charge >= 0.3 is 0 Å². The fraction of sp³-hybridized carbons (Fsp3) is 0.923. The zero-order valence-electron chi connectivity index (χ0n) is 11.0. The SMILES string of the molecule is CC1CCCC(C)N1NC(=O)C1CCCCN1. The van der Waals surface area contributed by atoms with Crippen LogP contribution in [0.4, 0.5) is 0 Å². The Morgan fingerprint density at radius 3 is 2.41 bits per heavy atom. The van der Waals surface area contributed by atoms with Crippen molar-refractivity contribution < 1.29 is 4.79 Å². The van der Waals surface area contributed by atoms with E-state index in [1.54, 1.807) is 0 Å². The molecule has 0 aromatic carbocycles. The molecule has 2 rings (SSSR count). The lowest BCUT2D eigenvalue weighted by Gasteiger charge is -2.39. The third kappa shape index (κ3) is 3.19. The summed E-state index contributed by atoms with van der Waals surface area (Å²) in [5.41, 5.74) is 3.12. The Morgan fingerprint density at radius 2 is 1.82 bits per heavy atom. The monoisotopic (exact) mass is 239 g/mol. The average Bonchev–Trinajstić information content (AvgIpc) is 2.35. The van der Waals surface area contributed by atoms with Gasteiger partial charge in [-0.05, 0) is 46.1 Å². The third-order valence-electron chi connectivity index (χ3n) is 4.06. The minimum Gasteiger partial charge on any atom is -0.306 e. The first-order valence-electron chi connectivity index (χ1n) is 7.00. The molecule has 0 radical (unpaired) electrons. The molecule has 0 aromatic rings. The van der Waals surface area contributed by atoms with Crippen molar-refractivity contribution in [3.05, 3.63) is 0 Å². The molecule has 2 fully saturated rings. The Bertz CT molecular complexity index is 253. The smallest absolute Gasteiger partial charge is 0.251 e. The summed E-state index contributed by atoms with van der Waals surface area (Å²) in [4.78, 5) is 12.1. The van der Waals surface area contributed by atoms with Gasteiger partial charge in [-0.1, -0.05) is 12.8 Å². The summed E-state index contributed by atoms with van der Waals surface area (Å²) in [7, 11) is 0. The normalized spacial score (nSPS) is 35.5. The predicted molar refractivity (Wildman–Crippen MR) is 68.4 cm³/mol. The first-order valence-corrected chi connectivity index (χ1v) is 7.00. The number of hydrazine groups is 1. The van der Waals surface area contributed by atoms with E-state index in [2.05, 4.69) is 29.6 Å². The molecule has 0 saturated carbocycles. The van der Waals surface area contributed by atoms with Gasteiger partial charge in [0.15, 0.2) is 0 Å². The number of nitrogens with one attached hydrogen (secondary N) is 2. The molecule has 0 spiro atoms. The third-order valence-corrected chi connectivity index (χ3v) is 4.06. The van der Waals surface area contributed by atoms with Crippen LogP contribution in [-0.4, -0.2) is 35.6 Å². The second kappa shape index (κ2) is 5.83. The number of carbonyl (C=O) groups excluding carboxylic acids is 1. The van der Waals surface area contributed by atoms with Gasteiger partial charge in [0.2, 0.25) is 0 Å². The quantitative estimate of drug-likeness (QED) is 0.766. The van der Waals surface area contributed by atoms with Crippen molar-refractivity contribution in [3.63, 3.8) is 0 Å². The Kier molecular flexibility index (Phi) is 4.40. The number of hydrogen-bond acceptors (Lipinski definition) is 3. The summed E-state index contributed by atoms with van der Waals surface area (Å²) in [5.74, 6) is 0.158. The maximum absolute atomic E-state index is 12.1. The Morgan fingerprint density at radius 1 is 1.12 bits per heavy atom. The highest BCUT2D eigenvalue weighted by molar-refractivity contribution is 5.81. The van der Waals surface area contributed by atoms with Crippen molar-refractivity contribution >= 4 is 5.91 Å². The summed E-state index contributed by atoms with van der Waals surface area (Å²) in [6.45, 7) is 5.37. The molecule has 3 unspecified atom stereocenters. The summed E-state index contributed by atoms with van der Waals surface area (Å²) >= 11 is 0. The van der Waals surface area contributed by atoms with Gasteiger partial charge in [0.1, 0.15) is 0 Å². The lowest BCUT2D eigenvalue weighted by Crippen LogP contribution is -2.58. The lowest BCUT2D eigenvalue weighted by atomic mass is 9.99. The average molecular weight is 239 g/mol. The molecule has 2 aliphatic rings. The molecule has 98 valence electrons. The van der Waals surface area contributed by atoms with Crippen molar-refractivity contribution in [3.8, 4) is 0 Å². The molecule has 1 amide bonds. The van der Waals surface area contributed by atoms with Crippen molar-refractivity contribution in [1.82, 2.24) is 15.8 Å². The molecule has 2 heterocycles. The van der Waals surface area contributed by atoms with Gasteiger partial charge in [-0.15, -0.1) is 0 Å². The molecule has 2 aliphatic heterocycles. The van der Waals surface area contributed by atoms with Gasteiger partial charge in [0.05, 0.1) is 6.04 Å². The van der Waals surface area contributed by atoms with Crippen LogP contribution >= 0.6 is 0 Å². The minimum atomic E-state index is 0.0186. The first kappa shape index (κ1) is 12.8. The molecule has 4 nitrogen and oxygen atoms in total. The van der Waals surface area contributed by atoms with Gasteiger partial charge in [-0.2, -0.15) is 0 Å². The van der Waals surface area contributed by atoms with E-state index in [4.69, 9.17) is 0 Å². The van der Waals surface area contributed by atoms with E-state index < -0.39 is 0 Å². The van der Waals surface area contributed by atoms with E-state index >= 15 is 0 Å². The van der Waals surface area contributed by atoms with Crippen molar-refractivity contribution in [2.24, 2.45) is 0 Å². The van der Waals surface area contributed by atoms with Crippen LogP contribution < -0.4 is 10.7 Å². The van der Waals surface area contributed by atoms with Crippen LogP contribution in [0.25, 0.3) is 0 Å². The van der Waals surface area contributed by atoms with Crippen LogP contribution in [-0.2, 0) is 4.79 Å². The van der Waals surface area contributed by atoms with Gasteiger partial charge in [0, 0.05) is 12.1 Å². The number of nitrogens with zero attached hydrogens (tertiary/aromatic N) is 1. The van der Waals surface area contributed by atoms with Crippen molar-refractivity contribution in [2.75, 3.05) is 6.54 Å². The van der Waals surface area contributed by atoms with Crippen molar-refractivity contribution in [2.45, 2.75) is 70.5 Å². The van der Waals surface area contributed by atoms with Crippen LogP contribution in [0.5, 0.6) is 0 Å². The zero-order valence-corrected chi connectivity index (χ0v) is 11.0. The summed E-state index contributed by atoms with van der Waals surface area (Å²) in [6, 6.07) is 0.947. The number of piperidine rings is 2. The van der Waals surface area contributed by atoms with E-state index in [1.165, 1.54) is 25.7 Å². The maximum atomic E-state index is 12.1. The van der Waals surface area contributed by atoms with Gasteiger partial charge < -0.3 is 5.32 Å². The van der Waals surface area contributed by atoms with Crippen LogP contribution in [0.2, 0.25) is 0 Å². The van der Waals surface area contributed by atoms with Crippen LogP contribution in [0, 0.1) is 0 Å². The fourth-order valence-corrected chi connectivity index (χ4v) is 2.92. The highest BCUT2D eigenvalue weighted by Gasteiger charge is 2.29. The molecule has 0 aromatic heterocycles. The second-order valence-electron chi connectivity index (χ2n) is 5.51. The van der Waals surface area contributed by atoms with Gasteiger partial charge in [-0.3, -0.25) is 10.2 Å². The first-order chi connectivity index (χ1) is 8.18. The maximum Gasteiger partial charge on any atom is 0.251 e. The van der Waals surface area contributed by atoms with E-state index in [0.29, 0.717) is 12.1 Å². The number of amides is 1. The molecular weight excluding hydrogens is 214 g/mol. The molecular formula is C13H25N3O. The Balaban J connectivity index is 1.87. The predicted octanol–water partition coefficient (Wildman–Crippen LogP) is 1.42. The van der Waals surface area contributed by atoms with Crippen LogP contribution in [0.1, 0.15) is 52.4 Å². The number of hydrogen-bond donors (Lipinski definition) is 2. The summed E-state index contributed by atoms with van der Waals surface area (Å²) < 4.78 is 0. The Hall–Kier alpha value is -0.610. The molecule has 0 bridgehead atoms. The minimum absolute atomic E-state index is 0.0186. The highest BCUT2D eigenvalue weighted by Crippen LogP contribution is 2.20. The molecule has 0 aliphatic carbocycles. The number of carbonyl (C=O) groups is 1. The number of rotatable bonds is 2.